The summed E-state index contributed by atoms with van der Waals surface area (Å²) in [5, 5.41) is 0. The maximum absolute atomic E-state index is 5.53. The lowest BCUT2D eigenvalue weighted by Crippen LogP contribution is -2.11. The van der Waals surface area contributed by atoms with Crippen molar-refractivity contribution in [3.8, 4) is 0 Å². The summed E-state index contributed by atoms with van der Waals surface area (Å²) in [5.74, 6) is 0.431. The summed E-state index contributed by atoms with van der Waals surface area (Å²) in [6.07, 6.45) is 1.86. The second-order valence-corrected chi connectivity index (χ2v) is 3.90. The van der Waals surface area contributed by atoms with Crippen molar-refractivity contribution in [2.24, 2.45) is 5.92 Å². The molecule has 84 valence electrons. The minimum atomic E-state index is 0.431. The Morgan fingerprint density at radius 1 is 1.33 bits per heavy atom. The number of methoxy groups -OCH3 is 1. The van der Waals surface area contributed by atoms with Crippen LogP contribution < -0.4 is 0 Å². The number of nitrogens with zero attached hydrogens (tertiary/aromatic N) is 1. The van der Waals surface area contributed by atoms with Gasteiger partial charge in [-0.05, 0) is 18.6 Å². The fraction of sp³-hybridized carbons (Fsp3) is 0.583. The van der Waals surface area contributed by atoms with E-state index in [1.54, 1.807) is 7.11 Å². The monoisotopic (exact) mass is 209 g/mol. The number of rotatable bonds is 6. The van der Waals surface area contributed by atoms with Crippen LogP contribution in [0.25, 0.3) is 0 Å². The summed E-state index contributed by atoms with van der Waals surface area (Å²) in [5.41, 5.74) is 2.15. The molecule has 0 aliphatic rings. The molecule has 1 aromatic rings. The summed E-state index contributed by atoms with van der Waals surface area (Å²) < 4.78 is 10.6. The van der Waals surface area contributed by atoms with Crippen LogP contribution >= 0.6 is 0 Å². The normalized spacial score (nSPS) is 12.7. The maximum Gasteiger partial charge on any atom is 0.0887 e. The van der Waals surface area contributed by atoms with Crippen molar-refractivity contribution in [3.63, 3.8) is 0 Å². The van der Waals surface area contributed by atoms with Gasteiger partial charge < -0.3 is 9.47 Å². The van der Waals surface area contributed by atoms with Gasteiger partial charge in [-0.25, -0.2) is 0 Å². The highest BCUT2D eigenvalue weighted by Gasteiger charge is 2.01. The van der Waals surface area contributed by atoms with Gasteiger partial charge in [0.15, 0.2) is 0 Å². The molecule has 0 radical (unpaired) electrons. The predicted octanol–water partition coefficient (Wildman–Crippen LogP) is 2.19. The third-order valence-corrected chi connectivity index (χ3v) is 2.08. The molecule has 0 N–H and O–H groups in total. The van der Waals surface area contributed by atoms with Gasteiger partial charge in [0.2, 0.25) is 0 Å². The Labute approximate surface area is 91.4 Å². The molecule has 0 aliphatic carbocycles. The Morgan fingerprint density at radius 3 is 2.73 bits per heavy atom. The van der Waals surface area contributed by atoms with Gasteiger partial charge in [0.1, 0.15) is 0 Å². The zero-order valence-corrected chi connectivity index (χ0v) is 9.69. The highest BCUT2D eigenvalue weighted by molar-refractivity contribution is 5.11. The van der Waals surface area contributed by atoms with E-state index < -0.39 is 0 Å². The topological polar surface area (TPSA) is 31.4 Å². The second kappa shape index (κ2) is 6.53. The highest BCUT2D eigenvalue weighted by atomic mass is 16.5. The molecule has 1 unspecified atom stereocenters. The molecule has 0 spiro atoms. The van der Waals surface area contributed by atoms with E-state index in [0.717, 1.165) is 12.3 Å². The molecule has 1 rings (SSSR count). The summed E-state index contributed by atoms with van der Waals surface area (Å²) in [6, 6.07) is 4.04. The highest BCUT2D eigenvalue weighted by Crippen LogP contribution is 2.02. The van der Waals surface area contributed by atoms with E-state index in [4.69, 9.17) is 9.47 Å². The second-order valence-electron chi connectivity index (χ2n) is 3.90. The van der Waals surface area contributed by atoms with Gasteiger partial charge in [-0.15, -0.1) is 0 Å². The van der Waals surface area contributed by atoms with Gasteiger partial charge in [0, 0.05) is 19.2 Å². The quantitative estimate of drug-likeness (QED) is 0.719. The van der Waals surface area contributed by atoms with Crippen molar-refractivity contribution in [1.82, 2.24) is 4.98 Å². The largest absolute Gasteiger partial charge is 0.384 e. The predicted molar refractivity (Wildman–Crippen MR) is 59.7 cm³/mol. The molecule has 0 aliphatic heterocycles. The SMILES string of the molecule is COCC(C)COCc1ccc(C)cn1. The molecular weight excluding hydrogens is 190 g/mol. The molecule has 0 saturated heterocycles. The first-order valence-electron chi connectivity index (χ1n) is 5.20. The lowest BCUT2D eigenvalue weighted by atomic mass is 10.2. The van der Waals surface area contributed by atoms with E-state index >= 15 is 0 Å². The third kappa shape index (κ3) is 4.91. The van der Waals surface area contributed by atoms with Crippen LogP contribution in [-0.2, 0) is 16.1 Å². The number of pyridine rings is 1. The van der Waals surface area contributed by atoms with Crippen LogP contribution in [0.4, 0.5) is 0 Å². The molecular formula is C12H19NO2. The third-order valence-electron chi connectivity index (χ3n) is 2.08. The minimum Gasteiger partial charge on any atom is -0.384 e. The van der Waals surface area contributed by atoms with Gasteiger partial charge in [-0.3, -0.25) is 4.98 Å². The van der Waals surface area contributed by atoms with E-state index in [2.05, 4.69) is 11.9 Å². The molecule has 3 heteroatoms. The van der Waals surface area contributed by atoms with Crippen LogP contribution in [-0.4, -0.2) is 25.3 Å². The standard InChI is InChI=1S/C12H19NO2/c1-10-4-5-12(13-6-10)9-15-8-11(2)7-14-3/h4-6,11H,7-9H2,1-3H3. The van der Waals surface area contributed by atoms with Gasteiger partial charge in [0.25, 0.3) is 0 Å². The molecule has 0 fully saturated rings. The van der Waals surface area contributed by atoms with E-state index in [9.17, 15) is 0 Å². The van der Waals surface area contributed by atoms with Crippen molar-refractivity contribution in [2.45, 2.75) is 20.5 Å². The zero-order chi connectivity index (χ0) is 11.1. The molecule has 3 nitrogen and oxygen atoms in total. The van der Waals surface area contributed by atoms with Crippen molar-refractivity contribution in [1.29, 1.82) is 0 Å². The van der Waals surface area contributed by atoms with Gasteiger partial charge in [0.05, 0.1) is 25.5 Å². The molecule has 1 heterocycles. The number of hydrogen-bond acceptors (Lipinski definition) is 3. The van der Waals surface area contributed by atoms with E-state index in [0.29, 0.717) is 19.1 Å². The molecule has 0 amide bonds. The number of hydrogen-bond donors (Lipinski definition) is 0. The Balaban J connectivity index is 2.22. The summed E-state index contributed by atoms with van der Waals surface area (Å²) in [7, 11) is 1.71. The van der Waals surface area contributed by atoms with Crippen LogP contribution in [0.15, 0.2) is 18.3 Å². The van der Waals surface area contributed by atoms with Gasteiger partial charge in [-0.2, -0.15) is 0 Å². The summed E-state index contributed by atoms with van der Waals surface area (Å²) in [4.78, 5) is 4.26. The Morgan fingerprint density at radius 2 is 2.13 bits per heavy atom. The molecule has 0 bridgehead atoms. The van der Waals surface area contributed by atoms with Crippen LogP contribution in [0.3, 0.4) is 0 Å². The van der Waals surface area contributed by atoms with E-state index in [-0.39, 0.29) is 0 Å². The summed E-state index contributed by atoms with van der Waals surface area (Å²) >= 11 is 0. The average molecular weight is 209 g/mol. The van der Waals surface area contributed by atoms with Crippen molar-refractivity contribution >= 4 is 0 Å². The maximum atomic E-state index is 5.53. The first kappa shape index (κ1) is 12.1. The van der Waals surface area contributed by atoms with Crippen LogP contribution in [0.2, 0.25) is 0 Å². The van der Waals surface area contributed by atoms with Crippen LogP contribution in [0, 0.1) is 12.8 Å². The van der Waals surface area contributed by atoms with Crippen LogP contribution in [0.5, 0.6) is 0 Å². The Kier molecular flexibility index (Phi) is 5.29. The fourth-order valence-corrected chi connectivity index (χ4v) is 1.28. The first-order valence-corrected chi connectivity index (χ1v) is 5.20. The molecule has 0 aromatic carbocycles. The van der Waals surface area contributed by atoms with Gasteiger partial charge in [-0.1, -0.05) is 13.0 Å². The molecule has 1 aromatic heterocycles. The smallest absolute Gasteiger partial charge is 0.0887 e. The average Bonchev–Trinajstić information content (AvgIpc) is 2.21. The zero-order valence-electron chi connectivity index (χ0n) is 9.69. The minimum absolute atomic E-state index is 0.431. The Bertz CT molecular complexity index is 271. The number of ether oxygens (including phenoxy) is 2. The summed E-state index contributed by atoms with van der Waals surface area (Å²) in [6.45, 7) is 6.16. The lowest BCUT2D eigenvalue weighted by Gasteiger charge is -2.10. The fourth-order valence-electron chi connectivity index (χ4n) is 1.28. The van der Waals surface area contributed by atoms with E-state index in [1.165, 1.54) is 5.56 Å². The molecule has 0 saturated carbocycles. The number of aromatic nitrogens is 1. The molecule has 1 atom stereocenters. The van der Waals surface area contributed by atoms with Gasteiger partial charge >= 0.3 is 0 Å². The lowest BCUT2D eigenvalue weighted by molar-refractivity contribution is 0.0548. The van der Waals surface area contributed by atoms with Crippen molar-refractivity contribution in [2.75, 3.05) is 20.3 Å². The van der Waals surface area contributed by atoms with Crippen molar-refractivity contribution < 1.29 is 9.47 Å². The first-order chi connectivity index (χ1) is 7.22. The molecule has 15 heavy (non-hydrogen) atoms. The number of aryl methyl sites for hydroxylation is 1. The van der Waals surface area contributed by atoms with Crippen LogP contribution in [0.1, 0.15) is 18.2 Å². The van der Waals surface area contributed by atoms with E-state index in [1.807, 2.05) is 25.3 Å². The Hall–Kier alpha value is -0.930. The van der Waals surface area contributed by atoms with Crippen molar-refractivity contribution in [3.05, 3.63) is 29.6 Å².